The molecule has 4 rings (SSSR count). The normalized spacial score (nSPS) is 18.0. The Balaban J connectivity index is 1.53. The van der Waals surface area contributed by atoms with Gasteiger partial charge in [-0.25, -0.2) is 4.79 Å². The van der Waals surface area contributed by atoms with Crippen LogP contribution in [0.3, 0.4) is 0 Å². The average Bonchev–Trinajstić information content (AvgIpc) is 2.98. The minimum Gasteiger partial charge on any atom is -0.325 e. The lowest BCUT2D eigenvalue weighted by molar-refractivity contribution is -0.133. The number of nitriles is 1. The molecule has 0 bridgehead atoms. The summed E-state index contributed by atoms with van der Waals surface area (Å²) in [6, 6.07) is 21.5. The number of fused-ring (bicyclic) bond motifs is 1. The average molecular weight is 412 g/mol. The molecule has 0 unspecified atom stereocenters. The quantitative estimate of drug-likeness (QED) is 0.628. The van der Waals surface area contributed by atoms with E-state index in [2.05, 4.69) is 16.7 Å². The Morgan fingerprint density at radius 3 is 2.52 bits per heavy atom. The van der Waals surface area contributed by atoms with E-state index in [9.17, 15) is 14.4 Å². The second kappa shape index (κ2) is 7.92. The maximum absolute atomic E-state index is 13.2. The number of carbonyl (C=O) groups excluding carboxylic acids is 3. The van der Waals surface area contributed by atoms with E-state index in [4.69, 9.17) is 5.26 Å². The van der Waals surface area contributed by atoms with Gasteiger partial charge in [0.25, 0.3) is 5.91 Å². The number of amides is 4. The number of anilines is 1. The number of nitrogens with zero attached hydrogens (tertiary/aromatic N) is 2. The highest BCUT2D eigenvalue weighted by Crippen LogP contribution is 2.33. The van der Waals surface area contributed by atoms with Crippen molar-refractivity contribution in [2.75, 3.05) is 11.9 Å². The zero-order valence-electron chi connectivity index (χ0n) is 16.9. The lowest BCUT2D eigenvalue weighted by Gasteiger charge is -2.24. The van der Waals surface area contributed by atoms with Gasteiger partial charge in [-0.15, -0.1) is 0 Å². The summed E-state index contributed by atoms with van der Waals surface area (Å²) in [7, 11) is 0. The van der Waals surface area contributed by atoms with Crippen LogP contribution in [-0.2, 0) is 21.5 Å². The van der Waals surface area contributed by atoms with E-state index < -0.39 is 29.9 Å². The highest BCUT2D eigenvalue weighted by Gasteiger charge is 2.50. The van der Waals surface area contributed by atoms with E-state index in [0.717, 1.165) is 21.2 Å². The summed E-state index contributed by atoms with van der Waals surface area (Å²) in [6.07, 6.45) is 0.281. The fourth-order valence-corrected chi connectivity index (χ4v) is 3.83. The van der Waals surface area contributed by atoms with Crippen molar-refractivity contribution >= 4 is 34.3 Å². The number of hydrogen-bond donors (Lipinski definition) is 2. The van der Waals surface area contributed by atoms with Crippen LogP contribution in [0.2, 0.25) is 0 Å². The van der Waals surface area contributed by atoms with Crippen LogP contribution in [0.5, 0.6) is 0 Å². The third-order valence-electron chi connectivity index (χ3n) is 5.43. The number of benzene rings is 3. The van der Waals surface area contributed by atoms with E-state index in [1.54, 1.807) is 31.2 Å². The Morgan fingerprint density at radius 2 is 1.77 bits per heavy atom. The summed E-state index contributed by atoms with van der Waals surface area (Å²) in [4.78, 5) is 39.2. The molecule has 4 amide bonds. The maximum atomic E-state index is 13.2. The first-order valence-electron chi connectivity index (χ1n) is 9.80. The van der Waals surface area contributed by atoms with Crippen LogP contribution in [0.15, 0.2) is 66.7 Å². The fourth-order valence-electron chi connectivity index (χ4n) is 3.83. The smallest absolute Gasteiger partial charge is 0.325 e. The highest BCUT2D eigenvalue weighted by atomic mass is 16.2. The molecule has 0 radical (unpaired) electrons. The topological polar surface area (TPSA) is 102 Å². The summed E-state index contributed by atoms with van der Waals surface area (Å²) in [5, 5.41) is 16.0. The van der Waals surface area contributed by atoms with Crippen molar-refractivity contribution in [2.45, 2.75) is 18.9 Å². The molecule has 154 valence electrons. The van der Waals surface area contributed by atoms with Gasteiger partial charge in [0.1, 0.15) is 12.1 Å². The van der Waals surface area contributed by atoms with Gasteiger partial charge >= 0.3 is 6.03 Å². The highest BCUT2D eigenvalue weighted by molar-refractivity contribution is 6.11. The number of hydrogen-bond acceptors (Lipinski definition) is 4. The molecule has 31 heavy (non-hydrogen) atoms. The van der Waals surface area contributed by atoms with E-state index in [-0.39, 0.29) is 6.42 Å². The second-order valence-electron chi connectivity index (χ2n) is 7.55. The minimum absolute atomic E-state index is 0.281. The van der Waals surface area contributed by atoms with Crippen molar-refractivity contribution in [3.05, 3.63) is 77.9 Å². The van der Waals surface area contributed by atoms with Crippen LogP contribution in [0.1, 0.15) is 18.1 Å². The molecule has 1 fully saturated rings. The Hall–Kier alpha value is -4.18. The molecule has 3 aromatic carbocycles. The molecular formula is C24H20N4O3. The van der Waals surface area contributed by atoms with E-state index in [0.29, 0.717) is 11.3 Å². The number of rotatable bonds is 5. The molecule has 1 atom stereocenters. The molecule has 0 saturated carbocycles. The van der Waals surface area contributed by atoms with E-state index >= 15 is 0 Å². The Kier molecular flexibility index (Phi) is 5.14. The summed E-state index contributed by atoms with van der Waals surface area (Å²) < 4.78 is 0. The van der Waals surface area contributed by atoms with Crippen LogP contribution in [0, 0.1) is 11.3 Å². The first kappa shape index (κ1) is 20.1. The van der Waals surface area contributed by atoms with Crippen LogP contribution < -0.4 is 10.6 Å². The third-order valence-corrected chi connectivity index (χ3v) is 5.43. The number of imide groups is 1. The molecule has 2 N–H and O–H groups in total. The number of nitrogens with one attached hydrogen (secondary N) is 2. The molecule has 0 aromatic heterocycles. The molecule has 7 heteroatoms. The summed E-state index contributed by atoms with van der Waals surface area (Å²) in [5.41, 5.74) is 0.771. The van der Waals surface area contributed by atoms with Crippen molar-refractivity contribution in [3.63, 3.8) is 0 Å². The Bertz CT molecular complexity index is 1220. The maximum Gasteiger partial charge on any atom is 0.325 e. The van der Waals surface area contributed by atoms with Gasteiger partial charge in [0.15, 0.2) is 0 Å². The van der Waals surface area contributed by atoms with E-state index in [1.165, 1.54) is 0 Å². The predicted octanol–water partition coefficient (Wildman–Crippen LogP) is 3.31. The largest absolute Gasteiger partial charge is 0.325 e. The SMILES string of the molecule is C[C@]1(c2cccc3ccccc23)NC(=O)N(CC(=O)Nc2ccc(CC#N)cc2)C1=O. The van der Waals surface area contributed by atoms with Crippen molar-refractivity contribution < 1.29 is 14.4 Å². The monoisotopic (exact) mass is 412 g/mol. The molecule has 1 aliphatic heterocycles. The first-order valence-corrected chi connectivity index (χ1v) is 9.80. The van der Waals surface area contributed by atoms with Crippen LogP contribution in [0.4, 0.5) is 10.5 Å². The fraction of sp³-hybridized carbons (Fsp3) is 0.167. The molecule has 3 aromatic rings. The molecule has 1 aliphatic rings. The lowest BCUT2D eigenvalue weighted by Crippen LogP contribution is -2.42. The molecular weight excluding hydrogens is 392 g/mol. The third kappa shape index (κ3) is 3.71. The van der Waals surface area contributed by atoms with Crippen molar-refractivity contribution in [3.8, 4) is 6.07 Å². The summed E-state index contributed by atoms with van der Waals surface area (Å²) >= 11 is 0. The molecule has 0 spiro atoms. The Morgan fingerprint density at radius 1 is 1.06 bits per heavy atom. The summed E-state index contributed by atoms with van der Waals surface area (Å²) in [6.45, 7) is 1.26. The zero-order chi connectivity index (χ0) is 22.0. The standard InChI is InChI=1S/C24H20N4O3/c1-24(20-8-4-6-17-5-2-3-7-19(17)20)22(30)28(23(31)27-24)15-21(29)26-18-11-9-16(10-12-18)13-14-25/h2-12H,13,15H2,1H3,(H,26,29)(H,27,31)/t24-/m1/s1. The summed E-state index contributed by atoms with van der Waals surface area (Å²) in [5.74, 6) is -0.966. The predicted molar refractivity (Wildman–Crippen MR) is 116 cm³/mol. The van der Waals surface area contributed by atoms with Gasteiger partial charge in [-0.1, -0.05) is 54.6 Å². The van der Waals surface area contributed by atoms with Crippen LogP contribution in [-0.4, -0.2) is 29.3 Å². The van der Waals surface area contributed by atoms with E-state index in [1.807, 2.05) is 42.5 Å². The number of carbonyl (C=O) groups is 3. The van der Waals surface area contributed by atoms with Gasteiger partial charge in [0, 0.05) is 5.69 Å². The van der Waals surface area contributed by atoms with Gasteiger partial charge in [0.05, 0.1) is 12.5 Å². The van der Waals surface area contributed by atoms with Gasteiger partial charge < -0.3 is 10.6 Å². The van der Waals surface area contributed by atoms with Crippen molar-refractivity contribution in [1.82, 2.24) is 10.2 Å². The molecule has 1 saturated heterocycles. The van der Waals surface area contributed by atoms with Gasteiger partial charge in [0.2, 0.25) is 5.91 Å². The van der Waals surface area contributed by atoms with Crippen molar-refractivity contribution in [2.24, 2.45) is 0 Å². The van der Waals surface area contributed by atoms with Crippen molar-refractivity contribution in [1.29, 1.82) is 5.26 Å². The zero-order valence-corrected chi connectivity index (χ0v) is 16.9. The first-order chi connectivity index (χ1) is 14.9. The van der Waals surface area contributed by atoms with Gasteiger partial charge in [-0.2, -0.15) is 5.26 Å². The molecule has 1 heterocycles. The van der Waals surface area contributed by atoms with Crippen LogP contribution in [0.25, 0.3) is 10.8 Å². The van der Waals surface area contributed by atoms with Gasteiger partial charge in [-0.3, -0.25) is 14.5 Å². The second-order valence-corrected chi connectivity index (χ2v) is 7.55. The molecule has 0 aliphatic carbocycles. The lowest BCUT2D eigenvalue weighted by atomic mass is 9.88. The Labute approximate surface area is 179 Å². The number of urea groups is 1. The van der Waals surface area contributed by atoms with Crippen LogP contribution >= 0.6 is 0 Å². The van der Waals surface area contributed by atoms with Gasteiger partial charge in [-0.05, 0) is 41.0 Å². The molecule has 7 nitrogen and oxygen atoms in total. The minimum atomic E-state index is -1.27.